The summed E-state index contributed by atoms with van der Waals surface area (Å²) < 4.78 is 0. The van der Waals surface area contributed by atoms with E-state index in [1.165, 1.54) is 16.2 Å². The fourth-order valence-corrected chi connectivity index (χ4v) is 4.00. The maximum absolute atomic E-state index is 5.63. The average molecular weight is 531 g/mol. The van der Waals surface area contributed by atoms with Gasteiger partial charge in [0, 0.05) is 25.2 Å². The van der Waals surface area contributed by atoms with Crippen molar-refractivity contribution in [2.45, 2.75) is 38.5 Å². The Morgan fingerprint density at radius 2 is 1.19 bits per heavy atom. The Kier molecular flexibility index (Phi) is 15.4. The van der Waals surface area contributed by atoms with E-state index < -0.39 is 0 Å². The fraction of sp³-hybridized carbons (Fsp3) is 0.207. The van der Waals surface area contributed by atoms with Crippen molar-refractivity contribution in [1.82, 2.24) is 0 Å². The van der Waals surface area contributed by atoms with E-state index in [2.05, 4.69) is 105 Å². The molecule has 1 aliphatic rings. The van der Waals surface area contributed by atoms with E-state index in [9.17, 15) is 0 Å². The Labute approximate surface area is 209 Å². The second kappa shape index (κ2) is 17.5. The van der Waals surface area contributed by atoms with E-state index in [-0.39, 0.29) is 19.5 Å². The number of hydrogen-bond acceptors (Lipinski definition) is 1. The summed E-state index contributed by atoms with van der Waals surface area (Å²) in [7, 11) is 0.777. The van der Waals surface area contributed by atoms with Gasteiger partial charge in [-0.3, -0.25) is 0 Å². The third kappa shape index (κ3) is 12.8. The zero-order valence-electron chi connectivity index (χ0n) is 18.9. The zero-order chi connectivity index (χ0) is 22.2. The van der Waals surface area contributed by atoms with Gasteiger partial charge in [0.1, 0.15) is 0 Å². The smallest absolute Gasteiger partial charge is 0.00431 e. The number of hydrogen-bond donors (Lipinski definition) is 1. The van der Waals surface area contributed by atoms with Crippen molar-refractivity contribution in [3.05, 3.63) is 127 Å². The van der Waals surface area contributed by atoms with Crippen molar-refractivity contribution < 1.29 is 19.5 Å². The molecule has 0 amide bonds. The average Bonchev–Trinajstić information content (AvgIpc) is 2.79. The quantitative estimate of drug-likeness (QED) is 0.169. The summed E-state index contributed by atoms with van der Waals surface area (Å²) in [4.78, 5) is 0. The minimum Gasteiger partial charge on any atom is -0.402 e. The van der Waals surface area contributed by atoms with Crippen LogP contribution in [0.25, 0.3) is 0 Å². The van der Waals surface area contributed by atoms with E-state index >= 15 is 0 Å². The molecule has 0 unspecified atom stereocenters. The summed E-state index contributed by atoms with van der Waals surface area (Å²) in [5, 5.41) is 2.79. The molecule has 3 aromatic rings. The first-order valence-electron chi connectivity index (χ1n) is 11.0. The summed E-state index contributed by atoms with van der Waals surface area (Å²) >= 11 is 0. The Balaban J connectivity index is 0.000000243. The number of allylic oxidation sites excluding steroid dienone is 4. The molecule has 0 aliphatic heterocycles. The Morgan fingerprint density at radius 3 is 1.66 bits per heavy atom. The molecular formula is C29H35NPRh-. The van der Waals surface area contributed by atoms with Crippen LogP contribution in [0, 0.1) is 6.92 Å². The Hall–Kier alpha value is -2.01. The molecule has 1 atom stereocenters. The second-order valence-electron chi connectivity index (χ2n) is 7.54. The molecule has 1 radical (unpaired) electrons. The molecule has 0 fully saturated rings. The topological polar surface area (TPSA) is 26.0 Å². The molecule has 0 spiro atoms. The van der Waals surface area contributed by atoms with Crippen LogP contribution in [0.5, 0.6) is 0 Å². The van der Waals surface area contributed by atoms with Crippen LogP contribution >= 0.6 is 8.58 Å². The van der Waals surface area contributed by atoms with Crippen LogP contribution in [0.1, 0.15) is 44.1 Å². The van der Waals surface area contributed by atoms with Gasteiger partial charge in [0.2, 0.25) is 0 Å². The first kappa shape index (κ1) is 28.0. The SMILES string of the molecule is N/C1=C/CC/C=C\CC1.[CH2-][C@@H](C)c1ccccc1.[Rh].c1ccc(Pc2ccccc2)cc1. The van der Waals surface area contributed by atoms with Crippen molar-refractivity contribution in [2.24, 2.45) is 5.73 Å². The Morgan fingerprint density at radius 1 is 0.719 bits per heavy atom. The van der Waals surface area contributed by atoms with E-state index in [0.717, 1.165) is 40.0 Å². The van der Waals surface area contributed by atoms with E-state index in [0.29, 0.717) is 5.92 Å². The van der Waals surface area contributed by atoms with Crippen molar-refractivity contribution in [2.75, 3.05) is 0 Å². The van der Waals surface area contributed by atoms with Gasteiger partial charge in [-0.25, -0.2) is 0 Å². The summed E-state index contributed by atoms with van der Waals surface area (Å²) in [5.74, 6) is 0.409. The predicted octanol–water partition coefficient (Wildman–Crippen LogP) is 6.90. The summed E-state index contributed by atoms with van der Waals surface area (Å²) in [6, 6.07) is 31.4. The molecule has 0 heterocycles. The van der Waals surface area contributed by atoms with Crippen LogP contribution in [0.4, 0.5) is 0 Å². The molecule has 2 N–H and O–H groups in total. The van der Waals surface area contributed by atoms with Crippen LogP contribution < -0.4 is 16.3 Å². The molecule has 3 heteroatoms. The van der Waals surface area contributed by atoms with E-state index in [1.54, 1.807) is 0 Å². The maximum Gasteiger partial charge on any atom is 0.00431 e. The second-order valence-corrected chi connectivity index (χ2v) is 8.94. The predicted molar refractivity (Wildman–Crippen MR) is 141 cm³/mol. The van der Waals surface area contributed by atoms with Crippen LogP contribution in [-0.2, 0) is 19.5 Å². The molecular weight excluding hydrogens is 496 g/mol. The van der Waals surface area contributed by atoms with Crippen molar-refractivity contribution >= 4 is 19.2 Å². The van der Waals surface area contributed by atoms with Gasteiger partial charge in [0.05, 0.1) is 0 Å². The summed E-state index contributed by atoms with van der Waals surface area (Å²) in [6.07, 6.45) is 11.0. The number of benzene rings is 3. The zero-order valence-corrected chi connectivity index (χ0v) is 21.6. The molecule has 0 aromatic heterocycles. The van der Waals surface area contributed by atoms with E-state index in [1.807, 2.05) is 18.2 Å². The van der Waals surface area contributed by atoms with Crippen LogP contribution in [0.2, 0.25) is 0 Å². The van der Waals surface area contributed by atoms with Gasteiger partial charge < -0.3 is 12.7 Å². The minimum absolute atomic E-state index is 0. The number of rotatable bonds is 3. The standard InChI is InChI=1S/C12H11P.C9H11.C8H13N.Rh/c1-3-7-11(8-4-1)13-12-9-5-2-6-10-12;1-8(2)9-6-4-3-5-7-9;9-8-6-4-2-1-3-5-7-8;/h1-10,13H;3-8H,1H2,2H3;1-2,7H,3-6,9H2;/q;-1;;/b;;2-1-,8-7+;/t;8-;;/m.0../s1. The van der Waals surface area contributed by atoms with Gasteiger partial charge >= 0.3 is 0 Å². The first-order valence-corrected chi connectivity index (χ1v) is 12.0. The molecule has 0 bridgehead atoms. The van der Waals surface area contributed by atoms with Crippen LogP contribution in [0.3, 0.4) is 0 Å². The molecule has 0 saturated heterocycles. The third-order valence-electron chi connectivity index (χ3n) is 4.71. The van der Waals surface area contributed by atoms with Gasteiger partial charge in [-0.15, -0.1) is 5.92 Å². The first-order chi connectivity index (χ1) is 15.1. The molecule has 1 aliphatic carbocycles. The molecule has 4 rings (SSSR count). The van der Waals surface area contributed by atoms with Crippen molar-refractivity contribution in [3.63, 3.8) is 0 Å². The van der Waals surface area contributed by atoms with Gasteiger partial charge in [-0.05, 0) is 36.3 Å². The van der Waals surface area contributed by atoms with Gasteiger partial charge in [-0.2, -0.15) is 0 Å². The molecule has 32 heavy (non-hydrogen) atoms. The third-order valence-corrected chi connectivity index (χ3v) is 5.96. The maximum atomic E-state index is 5.63. The molecule has 171 valence electrons. The summed E-state index contributed by atoms with van der Waals surface area (Å²) in [6.45, 7) is 6.00. The molecule has 0 saturated carbocycles. The number of nitrogens with two attached hydrogens (primary N) is 1. The van der Waals surface area contributed by atoms with E-state index in [4.69, 9.17) is 5.73 Å². The van der Waals surface area contributed by atoms with Crippen molar-refractivity contribution in [3.8, 4) is 0 Å². The van der Waals surface area contributed by atoms with Crippen molar-refractivity contribution in [1.29, 1.82) is 0 Å². The normalized spacial score (nSPS) is 16.0. The fourth-order valence-electron chi connectivity index (χ4n) is 2.94. The van der Waals surface area contributed by atoms with Gasteiger partial charge in [0.15, 0.2) is 0 Å². The van der Waals surface area contributed by atoms with Crippen LogP contribution in [-0.4, -0.2) is 0 Å². The van der Waals surface area contributed by atoms with Gasteiger partial charge in [-0.1, -0.05) is 130 Å². The monoisotopic (exact) mass is 531 g/mol. The molecule has 3 aromatic carbocycles. The summed E-state index contributed by atoms with van der Waals surface area (Å²) in [5.41, 5.74) is 7.99. The molecule has 1 nitrogen and oxygen atoms in total. The van der Waals surface area contributed by atoms with Crippen LogP contribution in [0.15, 0.2) is 115 Å². The minimum atomic E-state index is 0. The van der Waals surface area contributed by atoms with Gasteiger partial charge in [0.25, 0.3) is 0 Å². The Bertz CT molecular complexity index is 853. The largest absolute Gasteiger partial charge is 0.402 e.